The summed E-state index contributed by atoms with van der Waals surface area (Å²) in [5, 5.41) is 21.3. The van der Waals surface area contributed by atoms with Crippen LogP contribution in [-0.2, 0) is 6.54 Å². The fourth-order valence-electron chi connectivity index (χ4n) is 2.32. The second-order valence-corrected chi connectivity index (χ2v) is 6.08. The van der Waals surface area contributed by atoms with E-state index in [1.54, 1.807) is 36.8 Å². The van der Waals surface area contributed by atoms with E-state index in [4.69, 9.17) is 0 Å². The van der Waals surface area contributed by atoms with Crippen LogP contribution in [0.4, 0.5) is 5.69 Å². The van der Waals surface area contributed by atoms with Crippen molar-refractivity contribution < 1.29 is 4.92 Å². The van der Waals surface area contributed by atoms with Crippen LogP contribution in [0.3, 0.4) is 0 Å². The van der Waals surface area contributed by atoms with Gasteiger partial charge in [0, 0.05) is 47.6 Å². The summed E-state index contributed by atoms with van der Waals surface area (Å²) in [5.74, 6) is 0. The number of rotatable bonds is 6. The van der Waals surface area contributed by atoms with Crippen molar-refractivity contribution in [3.8, 4) is 11.3 Å². The predicted octanol–water partition coefficient (Wildman–Crippen LogP) is 3.64. The van der Waals surface area contributed by atoms with Crippen molar-refractivity contribution in [2.24, 2.45) is 10.2 Å². The number of allylic oxidation sites excluding steroid dienone is 1. The molecule has 0 aliphatic rings. The number of nitro groups is 1. The number of nitro benzene ring substituents is 1. The maximum atomic E-state index is 11.0. The van der Waals surface area contributed by atoms with Crippen molar-refractivity contribution in [2.45, 2.75) is 6.54 Å². The Labute approximate surface area is 153 Å². The summed E-state index contributed by atoms with van der Waals surface area (Å²) in [4.78, 5) is 15.3. The largest absolute Gasteiger partial charge is 0.311 e. The summed E-state index contributed by atoms with van der Waals surface area (Å²) < 4.78 is 1.91. The number of hydrogen-bond donors (Lipinski definition) is 0. The van der Waals surface area contributed by atoms with Gasteiger partial charge in [0.05, 0.1) is 16.8 Å². The van der Waals surface area contributed by atoms with E-state index < -0.39 is 4.92 Å². The van der Waals surface area contributed by atoms with Gasteiger partial charge < -0.3 is 4.57 Å². The normalized spacial score (nSPS) is 11.8. The smallest absolute Gasteiger partial charge is 0.270 e. The second kappa shape index (κ2) is 8.13. The Morgan fingerprint density at radius 2 is 2.23 bits per heavy atom. The van der Waals surface area contributed by atoms with Crippen LogP contribution in [0.5, 0.6) is 0 Å². The zero-order chi connectivity index (χ0) is 18.4. The third kappa shape index (κ3) is 3.98. The molecule has 0 saturated carbocycles. The van der Waals surface area contributed by atoms with E-state index in [0.717, 1.165) is 16.8 Å². The maximum Gasteiger partial charge on any atom is 0.270 e. The number of hydrogen-bond acceptors (Lipinski definition) is 6. The molecule has 3 aromatic rings. The molecule has 0 N–H and O–H groups in total. The van der Waals surface area contributed by atoms with Crippen LogP contribution in [0.2, 0.25) is 0 Å². The Kier molecular flexibility index (Phi) is 5.45. The van der Waals surface area contributed by atoms with Crippen molar-refractivity contribution in [3.63, 3.8) is 0 Å². The minimum atomic E-state index is -0.406. The Hall–Kier alpha value is -3.39. The second-order valence-electron chi connectivity index (χ2n) is 5.24. The van der Waals surface area contributed by atoms with Gasteiger partial charge in [0.1, 0.15) is 0 Å². The van der Waals surface area contributed by atoms with Crippen LogP contribution in [0.15, 0.2) is 77.0 Å². The number of aromatic nitrogens is 2. The molecule has 0 bridgehead atoms. The first kappa shape index (κ1) is 17.4. The molecule has 8 heteroatoms. The number of nitrogens with zero attached hydrogens (tertiary/aromatic N) is 5. The Morgan fingerprint density at radius 3 is 2.96 bits per heavy atom. The number of pyridine rings is 1. The Balaban J connectivity index is 2.00. The van der Waals surface area contributed by atoms with Crippen molar-refractivity contribution in [3.05, 3.63) is 87.3 Å². The number of non-ortho nitro benzene ring substituents is 1. The molecule has 7 nitrogen and oxygen atoms in total. The lowest BCUT2D eigenvalue weighted by molar-refractivity contribution is -0.384. The monoisotopic (exact) mass is 365 g/mol. The van der Waals surface area contributed by atoms with Gasteiger partial charge in [0.15, 0.2) is 0 Å². The molecule has 1 aromatic carbocycles. The van der Waals surface area contributed by atoms with Gasteiger partial charge in [0.25, 0.3) is 5.69 Å². The molecule has 0 unspecified atom stereocenters. The summed E-state index contributed by atoms with van der Waals surface area (Å²) in [6.45, 7) is 4.29. The SMILES string of the molecule is C=CCn1c(-c2cccc([N+](=O)[O-])c2)csc1=NN=Cc1cccnc1. The van der Waals surface area contributed by atoms with Crippen molar-refractivity contribution in [1.82, 2.24) is 9.55 Å². The van der Waals surface area contributed by atoms with Gasteiger partial charge in [-0.3, -0.25) is 15.1 Å². The molecule has 0 amide bonds. The summed E-state index contributed by atoms with van der Waals surface area (Å²) in [6.07, 6.45) is 6.76. The van der Waals surface area contributed by atoms with Gasteiger partial charge in [-0.05, 0) is 6.07 Å². The average molecular weight is 365 g/mol. The molecule has 0 aliphatic heterocycles. The van der Waals surface area contributed by atoms with E-state index >= 15 is 0 Å². The molecule has 2 aromatic heterocycles. The Morgan fingerprint density at radius 1 is 1.35 bits per heavy atom. The van der Waals surface area contributed by atoms with E-state index in [1.165, 1.54) is 17.4 Å². The lowest BCUT2D eigenvalue weighted by Gasteiger charge is -2.06. The quantitative estimate of drug-likeness (QED) is 0.289. The first-order valence-electron chi connectivity index (χ1n) is 7.70. The summed E-state index contributed by atoms with van der Waals surface area (Å²) in [6, 6.07) is 10.2. The molecule has 0 radical (unpaired) electrons. The topological polar surface area (TPSA) is 85.7 Å². The highest BCUT2D eigenvalue weighted by molar-refractivity contribution is 7.07. The highest BCUT2D eigenvalue weighted by atomic mass is 32.1. The predicted molar refractivity (Wildman–Crippen MR) is 102 cm³/mol. The van der Waals surface area contributed by atoms with Crippen LogP contribution >= 0.6 is 11.3 Å². The first-order chi connectivity index (χ1) is 12.7. The third-order valence-electron chi connectivity index (χ3n) is 3.50. The Bertz CT molecular complexity index is 1020. The van der Waals surface area contributed by atoms with Gasteiger partial charge in [-0.1, -0.05) is 24.3 Å². The van der Waals surface area contributed by atoms with Crippen molar-refractivity contribution in [1.29, 1.82) is 0 Å². The highest BCUT2D eigenvalue weighted by Crippen LogP contribution is 2.24. The molecule has 0 fully saturated rings. The summed E-state index contributed by atoms with van der Waals surface area (Å²) >= 11 is 1.41. The lowest BCUT2D eigenvalue weighted by Crippen LogP contribution is -2.14. The van der Waals surface area contributed by atoms with Crippen LogP contribution < -0.4 is 4.80 Å². The van der Waals surface area contributed by atoms with Crippen LogP contribution in [0, 0.1) is 10.1 Å². The first-order valence-corrected chi connectivity index (χ1v) is 8.58. The number of benzene rings is 1. The van der Waals surface area contributed by atoms with Crippen LogP contribution in [0.1, 0.15) is 5.56 Å². The van der Waals surface area contributed by atoms with Crippen LogP contribution in [-0.4, -0.2) is 20.7 Å². The summed E-state index contributed by atoms with van der Waals surface area (Å²) in [7, 11) is 0. The van der Waals surface area contributed by atoms with E-state index in [1.807, 2.05) is 28.1 Å². The van der Waals surface area contributed by atoms with Crippen LogP contribution in [0.25, 0.3) is 11.3 Å². The standard InChI is InChI=1S/C18H15N5O2S/c1-2-9-22-17(15-6-3-7-16(10-15)23(24)25)13-26-18(22)21-20-12-14-5-4-8-19-11-14/h2-8,10-13H,1,9H2. The molecular weight excluding hydrogens is 350 g/mol. The molecule has 0 atom stereocenters. The number of thiazole rings is 1. The van der Waals surface area contributed by atoms with Crippen molar-refractivity contribution >= 4 is 23.2 Å². The fourth-order valence-corrected chi connectivity index (χ4v) is 3.20. The zero-order valence-corrected chi connectivity index (χ0v) is 14.5. The van der Waals surface area contributed by atoms with Gasteiger partial charge >= 0.3 is 0 Å². The molecule has 0 saturated heterocycles. The van der Waals surface area contributed by atoms with Gasteiger partial charge in [-0.25, -0.2) is 0 Å². The fraction of sp³-hybridized carbons (Fsp3) is 0.0556. The molecule has 26 heavy (non-hydrogen) atoms. The minimum Gasteiger partial charge on any atom is -0.311 e. The van der Waals surface area contributed by atoms with E-state index in [9.17, 15) is 10.1 Å². The molecule has 3 rings (SSSR count). The van der Waals surface area contributed by atoms with E-state index in [-0.39, 0.29) is 5.69 Å². The molecule has 130 valence electrons. The zero-order valence-electron chi connectivity index (χ0n) is 13.7. The maximum absolute atomic E-state index is 11.0. The van der Waals surface area contributed by atoms with E-state index in [2.05, 4.69) is 21.8 Å². The molecular formula is C18H15N5O2S. The minimum absolute atomic E-state index is 0.0481. The molecule has 0 aliphatic carbocycles. The lowest BCUT2D eigenvalue weighted by atomic mass is 10.1. The van der Waals surface area contributed by atoms with E-state index in [0.29, 0.717) is 11.3 Å². The van der Waals surface area contributed by atoms with Gasteiger partial charge in [-0.2, -0.15) is 5.10 Å². The molecule has 2 heterocycles. The van der Waals surface area contributed by atoms with Crippen molar-refractivity contribution in [2.75, 3.05) is 0 Å². The highest BCUT2D eigenvalue weighted by Gasteiger charge is 2.11. The van der Waals surface area contributed by atoms with Gasteiger partial charge in [-0.15, -0.1) is 23.0 Å². The third-order valence-corrected chi connectivity index (χ3v) is 4.35. The molecule has 0 spiro atoms. The average Bonchev–Trinajstić information content (AvgIpc) is 3.06. The summed E-state index contributed by atoms with van der Waals surface area (Å²) in [5.41, 5.74) is 2.47. The van der Waals surface area contributed by atoms with Gasteiger partial charge in [0.2, 0.25) is 4.80 Å².